The number of nitrogens with one attached hydrogen (secondary N) is 3. The average molecular weight is 1580 g/mol. The van der Waals surface area contributed by atoms with Gasteiger partial charge in [0.2, 0.25) is 29.5 Å². The minimum absolute atomic E-state index is 0.0600. The molecule has 0 aromatic heterocycles. The van der Waals surface area contributed by atoms with Gasteiger partial charge in [0.25, 0.3) is 0 Å². The number of likely N-dealkylation sites (tertiary alicyclic amines) is 1. The molecule has 0 unspecified atom stereocenters. The highest BCUT2D eigenvalue weighted by Gasteiger charge is 2.44. The zero-order chi connectivity index (χ0) is 82.8. The first-order valence-electron chi connectivity index (χ1n) is 40.4. The van der Waals surface area contributed by atoms with Crippen LogP contribution >= 0.6 is 0 Å². The number of methoxy groups -OCH3 is 2. The summed E-state index contributed by atoms with van der Waals surface area (Å²) in [5.74, 6) is -6.88. The van der Waals surface area contributed by atoms with Gasteiger partial charge in [-0.3, -0.25) is 38.4 Å². The molecule has 13 atom stereocenters. The number of urea groups is 1. The van der Waals surface area contributed by atoms with Gasteiger partial charge in [-0.05, 0) is 85.0 Å². The van der Waals surface area contributed by atoms with Crippen LogP contribution in [0.15, 0.2) is 54.6 Å². The van der Waals surface area contributed by atoms with Crippen LogP contribution in [-0.2, 0) is 92.3 Å². The Morgan fingerprint density at radius 2 is 1.17 bits per heavy atom. The van der Waals surface area contributed by atoms with Crippen LogP contribution in [-0.4, -0.2) is 267 Å². The van der Waals surface area contributed by atoms with E-state index in [4.69, 9.17) is 53.1 Å². The zero-order valence-corrected chi connectivity index (χ0v) is 69.6. The molecule has 112 heavy (non-hydrogen) atoms. The molecule has 2 fully saturated rings. The van der Waals surface area contributed by atoms with Gasteiger partial charge in [-0.15, -0.1) is 0 Å². The Morgan fingerprint density at radius 1 is 0.616 bits per heavy atom. The molecule has 2 saturated heterocycles. The largest absolute Gasteiger partial charge is 0.445 e. The average Bonchev–Trinajstić information content (AvgIpc) is 1.48. The van der Waals surface area contributed by atoms with Crippen LogP contribution in [0.2, 0.25) is 0 Å². The number of aliphatic hydroxyl groups is 1. The van der Waals surface area contributed by atoms with E-state index >= 15 is 0 Å². The van der Waals surface area contributed by atoms with Crippen molar-refractivity contribution in [3.63, 3.8) is 0 Å². The molecule has 0 radical (unpaired) electrons. The van der Waals surface area contributed by atoms with E-state index in [1.807, 2.05) is 85.7 Å². The van der Waals surface area contributed by atoms with E-state index in [1.54, 1.807) is 73.9 Å². The molecular weight excluding hydrogens is 1440 g/mol. The van der Waals surface area contributed by atoms with Gasteiger partial charge in [-0.25, -0.2) is 9.59 Å². The Morgan fingerprint density at radius 3 is 1.67 bits per heavy atom. The summed E-state index contributed by atoms with van der Waals surface area (Å²) < 4.78 is 57.3. The molecule has 6 N–H and O–H groups in total. The number of hydrogen-bond donors (Lipinski definition) is 5. The third kappa shape index (κ3) is 33.8. The van der Waals surface area contributed by atoms with Crippen molar-refractivity contribution >= 4 is 64.7 Å². The summed E-state index contributed by atoms with van der Waals surface area (Å²) in [4.78, 5) is 146. The molecule has 0 aliphatic carbocycles. The fourth-order valence-electron chi connectivity index (χ4n) is 14.5. The molecule has 634 valence electrons. The fraction of sp³-hybridized carbons (Fsp3) is 0.735. The van der Waals surface area contributed by atoms with E-state index in [9.17, 15) is 53.1 Å². The summed E-state index contributed by atoms with van der Waals surface area (Å²) in [6.45, 7) is 26.4. The molecule has 4 rings (SSSR count). The maximum absolute atomic E-state index is 15.0. The van der Waals surface area contributed by atoms with Gasteiger partial charge in [0.05, 0.1) is 141 Å². The summed E-state index contributed by atoms with van der Waals surface area (Å²) in [6, 6.07) is 12.1. The van der Waals surface area contributed by atoms with Crippen molar-refractivity contribution < 1.29 is 100 Å². The lowest BCUT2D eigenvalue weighted by atomic mass is 9.83. The topological polar surface area (TPSA) is 358 Å². The first-order valence-corrected chi connectivity index (χ1v) is 40.4. The molecule has 0 spiro atoms. The molecule has 2 aromatic rings. The lowest BCUT2D eigenvalue weighted by molar-refractivity contribution is -0.149. The minimum atomic E-state index is -0.980. The van der Waals surface area contributed by atoms with Crippen LogP contribution in [0.25, 0.3) is 0 Å². The number of ether oxygens (including phenoxy) is 10. The number of anilines is 1. The standard InChI is InChI=1S/C83H136N8O21/c1-16-58(8)76(71(103-14)53-73(96)91-33-21-25-67(91)78(104-15)61(11)68(92)50-60(10)77(97)63-22-18-17-19-23-63)88(12)81(100)66(55(2)3)52-70(94)75(57(6)7)89(13)83(102)112-54-62-27-29-65(30-28-62)86-79(98)64(24-20-32-85-82(84)101)51-69(93)74(56(4)5)87-72(95)31-26-59(9)80(99)90-34-36-105-38-40-107-42-44-109-46-48-111-49-47-110-45-43-108-41-39-106-37-35-90/h17-19,22-23,27-30,55-61,64,66-67,71,74-78,97H,16,20-21,24-26,31-54H2,1-15H3,(H,86,98)(H,87,95)(H3,84,85,101)/t58-,59-,60-,61-,64+,66-,67-,71+,74-,75-,76-,77+,78+/m0/s1. The Hall–Kier alpha value is -7.06. The lowest BCUT2D eigenvalue weighted by Crippen LogP contribution is -2.54. The van der Waals surface area contributed by atoms with Crippen LogP contribution in [0.4, 0.5) is 15.3 Å². The van der Waals surface area contributed by atoms with Crippen molar-refractivity contribution in [1.29, 1.82) is 0 Å². The quantitative estimate of drug-likeness (QED) is 0.0393. The first kappa shape index (κ1) is 97.3. The van der Waals surface area contributed by atoms with Crippen molar-refractivity contribution in [3.05, 3.63) is 65.7 Å². The normalized spacial score (nSPS) is 19.0. The van der Waals surface area contributed by atoms with Gasteiger partial charge in [-0.2, -0.15) is 0 Å². The highest BCUT2D eigenvalue weighted by atomic mass is 16.6. The molecule has 29 nitrogen and oxygen atoms in total. The van der Waals surface area contributed by atoms with Crippen molar-refractivity contribution in [2.24, 2.45) is 59.0 Å². The second-order valence-electron chi connectivity index (χ2n) is 30.8. The number of Topliss-reactive ketones (excluding diaryl/α,β-unsaturated/α-hetero) is 3. The number of ketones is 3. The fourth-order valence-corrected chi connectivity index (χ4v) is 14.5. The van der Waals surface area contributed by atoms with Crippen LogP contribution in [0, 0.1) is 53.3 Å². The van der Waals surface area contributed by atoms with Crippen molar-refractivity contribution in [3.8, 4) is 0 Å². The molecular formula is C83H136N8O21. The summed E-state index contributed by atoms with van der Waals surface area (Å²) in [5, 5.41) is 19.3. The van der Waals surface area contributed by atoms with Crippen LogP contribution in [0.1, 0.15) is 164 Å². The second kappa shape index (κ2) is 53.2. The molecule has 29 heteroatoms. The Balaban J connectivity index is 1.36. The third-order valence-corrected chi connectivity index (χ3v) is 21.3. The van der Waals surface area contributed by atoms with Gasteiger partial charge in [-0.1, -0.05) is 125 Å². The second-order valence-corrected chi connectivity index (χ2v) is 30.8. The number of nitrogens with two attached hydrogens (primary N) is 1. The number of amides is 8. The summed E-state index contributed by atoms with van der Waals surface area (Å²) in [5.41, 5.74) is 6.98. The number of carbonyl (C=O) groups is 10. The number of hydrogen-bond acceptors (Lipinski definition) is 21. The first-order chi connectivity index (χ1) is 53.5. The van der Waals surface area contributed by atoms with E-state index < -0.39 is 96.0 Å². The summed E-state index contributed by atoms with van der Waals surface area (Å²) in [7, 11) is 6.24. The minimum Gasteiger partial charge on any atom is -0.445 e. The Labute approximate surface area is 665 Å². The molecule has 2 aliphatic rings. The van der Waals surface area contributed by atoms with E-state index in [0.29, 0.717) is 123 Å². The number of benzene rings is 2. The van der Waals surface area contributed by atoms with Crippen LogP contribution in [0.5, 0.6) is 0 Å². The number of nitrogens with zero attached hydrogens (tertiary/aromatic N) is 4. The van der Waals surface area contributed by atoms with Gasteiger partial charge in [0.15, 0.2) is 11.6 Å². The Kier molecular flexibility index (Phi) is 46.2. The summed E-state index contributed by atoms with van der Waals surface area (Å²) >= 11 is 0. The predicted octanol–water partition coefficient (Wildman–Crippen LogP) is 8.24. The van der Waals surface area contributed by atoms with Crippen LogP contribution in [0.3, 0.4) is 0 Å². The van der Waals surface area contributed by atoms with Gasteiger partial charge >= 0.3 is 12.1 Å². The van der Waals surface area contributed by atoms with E-state index in [2.05, 4.69) is 16.0 Å². The monoisotopic (exact) mass is 1580 g/mol. The molecule has 0 saturated carbocycles. The molecule has 2 heterocycles. The van der Waals surface area contributed by atoms with Crippen molar-refractivity contribution in [1.82, 2.24) is 30.2 Å². The van der Waals surface area contributed by atoms with E-state index in [-0.39, 0.29) is 143 Å². The highest BCUT2D eigenvalue weighted by Crippen LogP contribution is 2.34. The maximum Gasteiger partial charge on any atom is 0.410 e. The van der Waals surface area contributed by atoms with Crippen molar-refractivity contribution in [2.45, 2.75) is 196 Å². The number of carbonyl (C=O) groups excluding carboxylic acids is 10. The predicted molar refractivity (Wildman–Crippen MR) is 423 cm³/mol. The molecule has 2 aliphatic heterocycles. The smallest absolute Gasteiger partial charge is 0.410 e. The molecule has 8 amide bonds. The van der Waals surface area contributed by atoms with Crippen molar-refractivity contribution in [2.75, 3.05) is 152 Å². The Bertz CT molecular complexity index is 3110. The van der Waals surface area contributed by atoms with E-state index in [1.165, 1.54) is 19.1 Å². The number of primary amides is 1. The third-order valence-electron chi connectivity index (χ3n) is 21.3. The number of likely N-dealkylation sites (N-methyl/N-ethyl adjacent to an activating group) is 2. The van der Waals surface area contributed by atoms with Gasteiger partial charge < -0.3 is 93.8 Å². The van der Waals surface area contributed by atoms with Gasteiger partial charge in [0.1, 0.15) is 12.4 Å². The highest BCUT2D eigenvalue weighted by molar-refractivity contribution is 5.98. The molecule has 2 aromatic carbocycles. The zero-order valence-electron chi connectivity index (χ0n) is 69.6. The van der Waals surface area contributed by atoms with E-state index in [0.717, 1.165) is 5.56 Å². The number of aliphatic hydroxyl groups excluding tert-OH is 1. The SMILES string of the molecule is CC[C@H](C)[C@@H]([C@@H](CC(=O)N1CCC[C@H]1[C@H](OC)[C@@H](C)C(=O)C[C@H](C)[C@@H](O)c1ccccc1)OC)N(C)C(=O)[C@@H](CC(=O)[C@H](C(C)C)N(C)C(=O)OCc1ccc(NC(=O)[C@H](CCCNC(N)=O)CC(=O)[C@@H](NC(=O)CC[C@H](C)C(=O)N2CCOCCOCCOCCOCCOCCOCCOCC2)C(C)C)cc1)C(C)C. The van der Waals surface area contributed by atoms with Gasteiger partial charge in [0, 0.05) is 110 Å². The molecule has 0 bridgehead atoms. The number of rotatable bonds is 39. The summed E-state index contributed by atoms with van der Waals surface area (Å²) in [6.07, 6.45) is -0.783. The maximum atomic E-state index is 15.0. The lowest BCUT2D eigenvalue weighted by Gasteiger charge is -2.41. The van der Waals surface area contributed by atoms with Crippen LogP contribution < -0.4 is 21.7 Å².